The summed E-state index contributed by atoms with van der Waals surface area (Å²) in [5.74, 6) is 1.43. The van der Waals surface area contributed by atoms with Gasteiger partial charge in [0, 0.05) is 13.0 Å². The van der Waals surface area contributed by atoms with Gasteiger partial charge in [-0.2, -0.15) is 0 Å². The lowest BCUT2D eigenvalue weighted by Gasteiger charge is -2.22. The maximum absolute atomic E-state index is 11.8. The van der Waals surface area contributed by atoms with Crippen molar-refractivity contribution >= 4 is 5.91 Å². The van der Waals surface area contributed by atoms with Gasteiger partial charge in [-0.15, -0.1) is 0 Å². The van der Waals surface area contributed by atoms with Crippen LogP contribution < -0.4 is 14.8 Å². The highest BCUT2D eigenvalue weighted by atomic mass is 16.7. The Kier molecular flexibility index (Phi) is 5.07. The van der Waals surface area contributed by atoms with Gasteiger partial charge < -0.3 is 19.9 Å². The summed E-state index contributed by atoms with van der Waals surface area (Å²) < 4.78 is 10.6. The standard InChI is InChI=1S/C16H23NO4/c1-3-8-16(2,19)10-17-15(18)7-5-12-4-6-13-14(9-12)21-11-20-13/h4,6,9,19H,3,5,7-8,10-11H2,1-2H3,(H,17,18). The number of aliphatic hydroxyl groups is 1. The van der Waals surface area contributed by atoms with E-state index >= 15 is 0 Å². The molecule has 0 saturated heterocycles. The predicted molar refractivity (Wildman–Crippen MR) is 79.4 cm³/mol. The molecule has 1 unspecified atom stereocenters. The van der Waals surface area contributed by atoms with Crippen LogP contribution in [0.5, 0.6) is 11.5 Å². The van der Waals surface area contributed by atoms with Gasteiger partial charge in [0.25, 0.3) is 0 Å². The Balaban J connectivity index is 1.76. The molecule has 5 heteroatoms. The van der Waals surface area contributed by atoms with Crippen molar-refractivity contribution in [1.29, 1.82) is 0 Å². The van der Waals surface area contributed by atoms with Gasteiger partial charge in [0.15, 0.2) is 11.5 Å². The Morgan fingerprint density at radius 2 is 2.14 bits per heavy atom. The molecule has 0 aliphatic carbocycles. The number of hydrogen-bond acceptors (Lipinski definition) is 4. The zero-order valence-corrected chi connectivity index (χ0v) is 12.6. The lowest BCUT2D eigenvalue weighted by Crippen LogP contribution is -2.40. The van der Waals surface area contributed by atoms with Crippen LogP contribution in [0.2, 0.25) is 0 Å². The normalized spacial score (nSPS) is 15.6. The van der Waals surface area contributed by atoms with Crippen molar-refractivity contribution in [1.82, 2.24) is 5.32 Å². The fourth-order valence-corrected chi connectivity index (χ4v) is 2.36. The zero-order valence-electron chi connectivity index (χ0n) is 12.6. The molecule has 1 atom stereocenters. The molecule has 1 amide bonds. The van der Waals surface area contributed by atoms with Crippen molar-refractivity contribution in [2.24, 2.45) is 0 Å². The van der Waals surface area contributed by atoms with E-state index in [1.807, 2.05) is 25.1 Å². The predicted octanol–water partition coefficient (Wildman–Crippen LogP) is 2.02. The Hall–Kier alpha value is -1.75. The number of carbonyl (C=O) groups is 1. The first-order valence-electron chi connectivity index (χ1n) is 7.38. The molecule has 0 aromatic heterocycles. The Morgan fingerprint density at radius 1 is 1.38 bits per heavy atom. The average Bonchev–Trinajstić information content (AvgIpc) is 2.90. The Bertz CT molecular complexity index is 499. The van der Waals surface area contributed by atoms with Gasteiger partial charge in [-0.1, -0.05) is 19.4 Å². The number of fused-ring (bicyclic) bond motifs is 1. The summed E-state index contributed by atoms with van der Waals surface area (Å²) >= 11 is 0. The maximum Gasteiger partial charge on any atom is 0.231 e. The number of nitrogens with one attached hydrogen (secondary N) is 1. The van der Waals surface area contributed by atoms with Crippen molar-refractivity contribution in [2.45, 2.75) is 45.1 Å². The molecule has 1 aromatic carbocycles. The van der Waals surface area contributed by atoms with Gasteiger partial charge in [-0.25, -0.2) is 0 Å². The van der Waals surface area contributed by atoms with Crippen LogP contribution in [0.3, 0.4) is 0 Å². The summed E-state index contributed by atoms with van der Waals surface area (Å²) in [6.45, 7) is 4.30. The summed E-state index contributed by atoms with van der Waals surface area (Å²) in [4.78, 5) is 11.8. The molecule has 1 aliphatic heterocycles. The molecule has 1 heterocycles. The summed E-state index contributed by atoms with van der Waals surface area (Å²) in [6, 6.07) is 5.71. The second-order valence-corrected chi connectivity index (χ2v) is 5.71. The van der Waals surface area contributed by atoms with E-state index in [0.717, 1.165) is 23.5 Å². The molecule has 0 radical (unpaired) electrons. The van der Waals surface area contributed by atoms with E-state index in [1.54, 1.807) is 6.92 Å². The van der Waals surface area contributed by atoms with Crippen LogP contribution in [0.1, 0.15) is 38.7 Å². The molecule has 1 aromatic rings. The van der Waals surface area contributed by atoms with Gasteiger partial charge in [0.2, 0.25) is 12.7 Å². The number of aryl methyl sites for hydroxylation is 1. The molecule has 2 rings (SSSR count). The minimum absolute atomic E-state index is 0.0518. The van der Waals surface area contributed by atoms with E-state index in [-0.39, 0.29) is 12.7 Å². The number of benzene rings is 1. The van der Waals surface area contributed by atoms with Gasteiger partial charge in [0.1, 0.15) is 0 Å². The number of ether oxygens (including phenoxy) is 2. The first-order chi connectivity index (χ1) is 10.00. The van der Waals surface area contributed by atoms with Gasteiger partial charge >= 0.3 is 0 Å². The lowest BCUT2D eigenvalue weighted by molar-refractivity contribution is -0.122. The zero-order chi connectivity index (χ0) is 15.3. The Labute approximate surface area is 125 Å². The van der Waals surface area contributed by atoms with Crippen LogP contribution in [0, 0.1) is 0 Å². The topological polar surface area (TPSA) is 67.8 Å². The van der Waals surface area contributed by atoms with Crippen LogP contribution in [-0.2, 0) is 11.2 Å². The molecule has 2 N–H and O–H groups in total. The van der Waals surface area contributed by atoms with Crippen LogP contribution >= 0.6 is 0 Å². The molecule has 0 fully saturated rings. The van der Waals surface area contributed by atoms with Crippen molar-refractivity contribution in [3.05, 3.63) is 23.8 Å². The minimum atomic E-state index is -0.830. The highest BCUT2D eigenvalue weighted by Gasteiger charge is 2.20. The molecule has 1 aliphatic rings. The minimum Gasteiger partial charge on any atom is -0.454 e. The third kappa shape index (κ3) is 4.63. The quantitative estimate of drug-likeness (QED) is 0.807. The fourth-order valence-electron chi connectivity index (χ4n) is 2.36. The SMILES string of the molecule is CCCC(C)(O)CNC(=O)CCc1ccc2c(c1)OCO2. The number of hydrogen-bond donors (Lipinski definition) is 2. The number of carbonyl (C=O) groups excluding carboxylic acids is 1. The fraction of sp³-hybridized carbons (Fsp3) is 0.562. The maximum atomic E-state index is 11.8. The second kappa shape index (κ2) is 6.80. The van der Waals surface area contributed by atoms with E-state index in [1.165, 1.54) is 0 Å². The molecular weight excluding hydrogens is 270 g/mol. The van der Waals surface area contributed by atoms with Gasteiger partial charge in [-0.3, -0.25) is 4.79 Å². The van der Waals surface area contributed by atoms with Crippen molar-refractivity contribution in [3.63, 3.8) is 0 Å². The molecule has 0 spiro atoms. The second-order valence-electron chi connectivity index (χ2n) is 5.71. The smallest absolute Gasteiger partial charge is 0.231 e. The van der Waals surface area contributed by atoms with Crippen LogP contribution in [0.25, 0.3) is 0 Å². The monoisotopic (exact) mass is 293 g/mol. The first-order valence-corrected chi connectivity index (χ1v) is 7.38. The summed E-state index contributed by atoms with van der Waals surface area (Å²) in [6.07, 6.45) is 2.59. The largest absolute Gasteiger partial charge is 0.454 e. The van der Waals surface area contributed by atoms with E-state index in [0.29, 0.717) is 25.8 Å². The van der Waals surface area contributed by atoms with E-state index < -0.39 is 5.60 Å². The first kappa shape index (κ1) is 15.6. The van der Waals surface area contributed by atoms with Gasteiger partial charge in [-0.05, 0) is 37.5 Å². The molecule has 5 nitrogen and oxygen atoms in total. The average molecular weight is 293 g/mol. The van der Waals surface area contributed by atoms with Crippen LogP contribution in [-0.4, -0.2) is 30.0 Å². The molecule has 116 valence electrons. The molecular formula is C16H23NO4. The molecule has 0 saturated carbocycles. The van der Waals surface area contributed by atoms with Crippen LogP contribution in [0.4, 0.5) is 0 Å². The lowest BCUT2D eigenvalue weighted by atomic mass is 10.0. The summed E-state index contributed by atoms with van der Waals surface area (Å²) in [5.41, 5.74) is 0.207. The van der Waals surface area contributed by atoms with E-state index in [2.05, 4.69) is 5.32 Å². The highest BCUT2D eigenvalue weighted by Crippen LogP contribution is 2.32. The number of rotatable bonds is 7. The van der Waals surface area contributed by atoms with E-state index in [4.69, 9.17) is 9.47 Å². The summed E-state index contributed by atoms with van der Waals surface area (Å²) in [5, 5.41) is 12.8. The molecule has 0 bridgehead atoms. The summed E-state index contributed by atoms with van der Waals surface area (Å²) in [7, 11) is 0. The van der Waals surface area contributed by atoms with Crippen molar-refractivity contribution < 1.29 is 19.4 Å². The Morgan fingerprint density at radius 3 is 2.90 bits per heavy atom. The molecule has 21 heavy (non-hydrogen) atoms. The van der Waals surface area contributed by atoms with Gasteiger partial charge in [0.05, 0.1) is 5.60 Å². The third-order valence-electron chi connectivity index (χ3n) is 3.53. The van der Waals surface area contributed by atoms with E-state index in [9.17, 15) is 9.90 Å². The third-order valence-corrected chi connectivity index (χ3v) is 3.53. The van der Waals surface area contributed by atoms with Crippen molar-refractivity contribution in [2.75, 3.05) is 13.3 Å². The van der Waals surface area contributed by atoms with Crippen LogP contribution in [0.15, 0.2) is 18.2 Å². The number of amides is 1. The highest BCUT2D eigenvalue weighted by molar-refractivity contribution is 5.76. The van der Waals surface area contributed by atoms with Crippen molar-refractivity contribution in [3.8, 4) is 11.5 Å².